The molecule has 2 heterocycles. The van der Waals surface area contributed by atoms with Crippen LogP contribution in [0.25, 0.3) is 0 Å². The lowest BCUT2D eigenvalue weighted by atomic mass is 10.1. The maximum atomic E-state index is 11.9. The smallest absolute Gasteiger partial charge is 0.227 e. The lowest BCUT2D eigenvalue weighted by molar-refractivity contribution is -0.117. The van der Waals surface area contributed by atoms with Gasteiger partial charge in [0.1, 0.15) is 5.75 Å². The first kappa shape index (κ1) is 23.4. The van der Waals surface area contributed by atoms with E-state index in [1.54, 1.807) is 0 Å². The number of fused-ring (bicyclic) bond motifs is 1. The molecule has 2 aromatic carbocycles. The van der Waals surface area contributed by atoms with Crippen LogP contribution in [0.4, 0.5) is 5.69 Å². The van der Waals surface area contributed by atoms with Crippen molar-refractivity contribution in [3.63, 3.8) is 0 Å². The van der Waals surface area contributed by atoms with Crippen LogP contribution in [-0.4, -0.2) is 38.1 Å². The van der Waals surface area contributed by atoms with Gasteiger partial charge in [-0.05, 0) is 54.7 Å². The zero-order valence-corrected chi connectivity index (χ0v) is 20.4. The van der Waals surface area contributed by atoms with Gasteiger partial charge >= 0.3 is 0 Å². The molecule has 0 atom stereocenters. The van der Waals surface area contributed by atoms with Crippen molar-refractivity contribution in [3.05, 3.63) is 59.2 Å². The molecule has 1 fully saturated rings. The first-order valence-corrected chi connectivity index (χ1v) is 10.9. The zero-order chi connectivity index (χ0) is 20.8. The van der Waals surface area contributed by atoms with E-state index in [-0.39, 0.29) is 29.9 Å². The van der Waals surface area contributed by atoms with Crippen molar-refractivity contribution in [2.45, 2.75) is 39.2 Å². The SMILES string of the molecule is CCNC(=NCc1ccc(N2CCCC2=O)cc1)NCCc1ccc2c(c1)CCO2.I. The first-order chi connectivity index (χ1) is 14.7. The van der Waals surface area contributed by atoms with Gasteiger partial charge in [0.15, 0.2) is 5.96 Å². The minimum atomic E-state index is 0. The Labute approximate surface area is 201 Å². The summed E-state index contributed by atoms with van der Waals surface area (Å²) in [5.41, 5.74) is 4.73. The van der Waals surface area contributed by atoms with Crippen molar-refractivity contribution in [2.75, 3.05) is 31.1 Å². The number of nitrogens with zero attached hydrogens (tertiary/aromatic N) is 2. The third-order valence-corrected chi connectivity index (χ3v) is 5.55. The highest BCUT2D eigenvalue weighted by atomic mass is 127. The Balaban J connectivity index is 0.00000272. The van der Waals surface area contributed by atoms with Crippen LogP contribution in [0.15, 0.2) is 47.5 Å². The van der Waals surface area contributed by atoms with E-state index in [4.69, 9.17) is 9.73 Å². The van der Waals surface area contributed by atoms with Crippen molar-refractivity contribution < 1.29 is 9.53 Å². The van der Waals surface area contributed by atoms with Crippen molar-refractivity contribution >= 4 is 41.5 Å². The number of nitrogens with one attached hydrogen (secondary N) is 2. The van der Waals surface area contributed by atoms with Gasteiger partial charge < -0.3 is 20.3 Å². The van der Waals surface area contributed by atoms with E-state index in [0.29, 0.717) is 13.0 Å². The molecule has 0 saturated carbocycles. The van der Waals surface area contributed by atoms with E-state index in [9.17, 15) is 4.79 Å². The summed E-state index contributed by atoms with van der Waals surface area (Å²) in [5.74, 6) is 2.07. The van der Waals surface area contributed by atoms with E-state index in [1.165, 1.54) is 11.1 Å². The normalized spacial score (nSPS) is 15.3. The fourth-order valence-electron chi connectivity index (χ4n) is 3.94. The molecule has 0 aliphatic carbocycles. The number of hydrogen-bond acceptors (Lipinski definition) is 3. The number of halogens is 1. The number of benzene rings is 2. The van der Waals surface area contributed by atoms with Crippen molar-refractivity contribution in [2.24, 2.45) is 4.99 Å². The maximum Gasteiger partial charge on any atom is 0.227 e. The number of amides is 1. The monoisotopic (exact) mass is 534 g/mol. The molecule has 1 saturated heterocycles. The Morgan fingerprint density at radius 2 is 1.90 bits per heavy atom. The molecule has 2 N–H and O–H groups in total. The molecular weight excluding hydrogens is 503 g/mol. The predicted octanol–water partition coefficient (Wildman–Crippen LogP) is 3.66. The summed E-state index contributed by atoms with van der Waals surface area (Å²) in [6, 6.07) is 14.6. The standard InChI is InChI=1S/C24H30N4O2.HI/c1-2-25-24(26-13-11-18-7-10-22-20(16-18)12-15-30-22)27-17-19-5-8-21(9-6-19)28-14-3-4-23(28)29;/h5-10,16H,2-4,11-15,17H2,1H3,(H2,25,26,27);1H. The van der Waals surface area contributed by atoms with Gasteiger partial charge in [0.2, 0.25) is 5.91 Å². The fraction of sp³-hybridized carbons (Fsp3) is 0.417. The average Bonchev–Trinajstić information content (AvgIpc) is 3.41. The van der Waals surface area contributed by atoms with Gasteiger partial charge in [-0.25, -0.2) is 4.99 Å². The number of hydrogen-bond donors (Lipinski definition) is 2. The lowest BCUT2D eigenvalue weighted by Crippen LogP contribution is -2.38. The minimum absolute atomic E-state index is 0. The Hall–Kier alpha value is -2.29. The molecule has 0 spiro atoms. The zero-order valence-electron chi connectivity index (χ0n) is 18.0. The topological polar surface area (TPSA) is 66.0 Å². The van der Waals surface area contributed by atoms with Gasteiger partial charge in [-0.2, -0.15) is 0 Å². The molecule has 31 heavy (non-hydrogen) atoms. The van der Waals surface area contributed by atoms with Gasteiger partial charge in [-0.1, -0.05) is 24.3 Å². The van der Waals surface area contributed by atoms with Gasteiger partial charge in [0, 0.05) is 38.2 Å². The first-order valence-electron chi connectivity index (χ1n) is 10.9. The molecule has 7 heteroatoms. The maximum absolute atomic E-state index is 11.9. The molecule has 166 valence electrons. The summed E-state index contributed by atoms with van der Waals surface area (Å²) in [6.07, 6.45) is 3.55. The number of aliphatic imine (C=N–C) groups is 1. The number of guanidine groups is 1. The molecule has 0 radical (unpaired) electrons. The van der Waals surface area contributed by atoms with E-state index >= 15 is 0 Å². The summed E-state index contributed by atoms with van der Waals surface area (Å²) < 4.78 is 5.58. The van der Waals surface area contributed by atoms with Crippen LogP contribution in [0.2, 0.25) is 0 Å². The number of carbonyl (C=O) groups is 1. The second kappa shape index (κ2) is 11.4. The van der Waals surface area contributed by atoms with Crippen LogP contribution < -0.4 is 20.3 Å². The van der Waals surface area contributed by atoms with Crippen LogP contribution in [0.1, 0.15) is 36.5 Å². The number of anilines is 1. The summed E-state index contributed by atoms with van der Waals surface area (Å²) in [5, 5.41) is 6.73. The number of rotatable bonds is 7. The molecule has 2 aromatic rings. The second-order valence-corrected chi connectivity index (χ2v) is 7.73. The highest BCUT2D eigenvalue weighted by Crippen LogP contribution is 2.26. The second-order valence-electron chi connectivity index (χ2n) is 7.73. The predicted molar refractivity (Wildman–Crippen MR) is 136 cm³/mol. The minimum Gasteiger partial charge on any atom is -0.493 e. The highest BCUT2D eigenvalue weighted by Gasteiger charge is 2.21. The molecule has 2 aliphatic rings. The Bertz CT molecular complexity index is 914. The number of ether oxygens (including phenoxy) is 1. The Kier molecular flexibility index (Phi) is 8.57. The van der Waals surface area contributed by atoms with Crippen molar-refractivity contribution in [1.82, 2.24) is 10.6 Å². The molecule has 0 aromatic heterocycles. The van der Waals surface area contributed by atoms with E-state index in [0.717, 1.165) is 68.5 Å². The molecule has 6 nitrogen and oxygen atoms in total. The van der Waals surface area contributed by atoms with E-state index in [1.807, 2.05) is 17.0 Å². The third kappa shape index (κ3) is 6.12. The van der Waals surface area contributed by atoms with E-state index in [2.05, 4.69) is 47.9 Å². The molecule has 1 amide bonds. The average molecular weight is 534 g/mol. The summed E-state index contributed by atoms with van der Waals surface area (Å²) in [6.45, 7) is 5.92. The van der Waals surface area contributed by atoms with Crippen LogP contribution in [0.3, 0.4) is 0 Å². The van der Waals surface area contributed by atoms with Crippen LogP contribution in [0, 0.1) is 0 Å². The van der Waals surface area contributed by atoms with Gasteiger partial charge in [-0.3, -0.25) is 4.79 Å². The van der Waals surface area contributed by atoms with Gasteiger partial charge in [0.25, 0.3) is 0 Å². The fourth-order valence-corrected chi connectivity index (χ4v) is 3.94. The molecule has 0 bridgehead atoms. The molecule has 2 aliphatic heterocycles. The summed E-state index contributed by atoms with van der Waals surface area (Å²) >= 11 is 0. The highest BCUT2D eigenvalue weighted by molar-refractivity contribution is 14.0. The summed E-state index contributed by atoms with van der Waals surface area (Å²) in [4.78, 5) is 18.5. The van der Waals surface area contributed by atoms with Gasteiger partial charge in [-0.15, -0.1) is 24.0 Å². The van der Waals surface area contributed by atoms with Crippen molar-refractivity contribution in [1.29, 1.82) is 0 Å². The number of carbonyl (C=O) groups excluding carboxylic acids is 1. The molecular formula is C24H31IN4O2. The molecule has 0 unspecified atom stereocenters. The quantitative estimate of drug-likeness (QED) is 0.324. The third-order valence-electron chi connectivity index (χ3n) is 5.55. The molecule has 4 rings (SSSR count). The van der Waals surface area contributed by atoms with Crippen LogP contribution in [-0.2, 0) is 24.2 Å². The Morgan fingerprint density at radius 1 is 1.10 bits per heavy atom. The van der Waals surface area contributed by atoms with Crippen LogP contribution in [0.5, 0.6) is 5.75 Å². The van der Waals surface area contributed by atoms with Crippen molar-refractivity contribution in [3.8, 4) is 5.75 Å². The van der Waals surface area contributed by atoms with E-state index < -0.39 is 0 Å². The lowest BCUT2D eigenvalue weighted by Gasteiger charge is -2.16. The summed E-state index contributed by atoms with van der Waals surface area (Å²) in [7, 11) is 0. The largest absolute Gasteiger partial charge is 0.493 e. The van der Waals surface area contributed by atoms with Crippen LogP contribution >= 0.6 is 24.0 Å². The van der Waals surface area contributed by atoms with Gasteiger partial charge in [0.05, 0.1) is 13.2 Å². The Morgan fingerprint density at radius 3 is 2.65 bits per heavy atom.